The molecule has 5 nitrogen and oxygen atoms in total. The summed E-state index contributed by atoms with van der Waals surface area (Å²) in [6.45, 7) is 3.93. The van der Waals surface area contributed by atoms with E-state index in [-0.39, 0.29) is 17.9 Å². The summed E-state index contributed by atoms with van der Waals surface area (Å²) < 4.78 is 0. The molecule has 0 bridgehead atoms. The monoisotopic (exact) mass is 368 g/mol. The van der Waals surface area contributed by atoms with Crippen LogP contribution < -0.4 is 4.90 Å². The topological polar surface area (TPSA) is 60.9 Å². The lowest BCUT2D eigenvalue weighted by atomic mass is 9.95. The molecule has 0 saturated heterocycles. The Morgan fingerprint density at radius 1 is 1.31 bits per heavy atom. The van der Waals surface area contributed by atoms with E-state index < -0.39 is 17.7 Å². The van der Waals surface area contributed by atoms with Crippen LogP contribution in [-0.4, -0.2) is 42.3 Å². The molecule has 1 atom stereocenters. The third-order valence-corrected chi connectivity index (χ3v) is 5.21. The number of Topliss-reactive ketones (excluding diaryl/α,β-unsaturated/α-hetero) is 1. The number of hydrogen-bond donors (Lipinski definition) is 1. The Labute approximate surface area is 156 Å². The lowest BCUT2D eigenvalue weighted by Crippen LogP contribution is -2.31. The smallest absolute Gasteiger partial charge is 0.290 e. The van der Waals surface area contributed by atoms with Crippen molar-refractivity contribution >= 4 is 28.7 Å². The summed E-state index contributed by atoms with van der Waals surface area (Å²) in [5, 5.41) is 12.2. The Balaban J connectivity index is 2.08. The van der Waals surface area contributed by atoms with Gasteiger partial charge in [-0.25, -0.2) is 0 Å². The van der Waals surface area contributed by atoms with E-state index in [9.17, 15) is 14.7 Å². The van der Waals surface area contributed by atoms with Crippen LogP contribution in [0.5, 0.6) is 0 Å². The number of thiophene rings is 1. The Morgan fingerprint density at radius 2 is 2.00 bits per heavy atom. The van der Waals surface area contributed by atoms with E-state index in [4.69, 9.17) is 0 Å². The lowest BCUT2D eigenvalue weighted by Gasteiger charge is -2.26. The van der Waals surface area contributed by atoms with Gasteiger partial charge in [0.15, 0.2) is 5.76 Å². The van der Waals surface area contributed by atoms with Crippen LogP contribution >= 0.6 is 11.3 Å². The molecule has 0 fully saturated rings. The summed E-state index contributed by atoms with van der Waals surface area (Å²) >= 11 is 1.29. The van der Waals surface area contributed by atoms with Crippen molar-refractivity contribution in [2.75, 3.05) is 25.5 Å². The van der Waals surface area contributed by atoms with E-state index in [1.807, 2.05) is 43.3 Å². The third-order valence-electron chi connectivity index (χ3n) is 4.34. The van der Waals surface area contributed by atoms with Crippen molar-refractivity contribution in [2.45, 2.75) is 6.04 Å². The van der Waals surface area contributed by atoms with E-state index in [0.29, 0.717) is 4.88 Å². The summed E-state index contributed by atoms with van der Waals surface area (Å²) in [6.07, 6.45) is 1.59. The maximum atomic E-state index is 13.0. The predicted molar refractivity (Wildman–Crippen MR) is 104 cm³/mol. The van der Waals surface area contributed by atoms with Gasteiger partial charge in [0, 0.05) is 26.3 Å². The van der Waals surface area contributed by atoms with Crippen LogP contribution in [0.25, 0.3) is 0 Å². The molecular formula is C20H20N2O3S. The van der Waals surface area contributed by atoms with Crippen LogP contribution in [0.2, 0.25) is 0 Å². The van der Waals surface area contributed by atoms with Gasteiger partial charge in [0.1, 0.15) is 0 Å². The molecule has 2 heterocycles. The number of hydrogen-bond acceptors (Lipinski definition) is 5. The average Bonchev–Trinajstić information content (AvgIpc) is 3.25. The fourth-order valence-corrected chi connectivity index (χ4v) is 3.73. The highest BCUT2D eigenvalue weighted by atomic mass is 32.1. The molecule has 0 aliphatic carbocycles. The molecule has 1 N–H and O–H groups in total. The second-order valence-corrected chi connectivity index (χ2v) is 7.15. The molecule has 6 heteroatoms. The van der Waals surface area contributed by atoms with E-state index in [1.54, 1.807) is 23.6 Å². The summed E-state index contributed by atoms with van der Waals surface area (Å²) in [7, 11) is 3.88. The van der Waals surface area contributed by atoms with Gasteiger partial charge >= 0.3 is 0 Å². The molecule has 0 radical (unpaired) electrons. The number of nitrogens with zero attached hydrogens (tertiary/aromatic N) is 2. The van der Waals surface area contributed by atoms with Gasteiger partial charge in [0.05, 0.1) is 16.5 Å². The summed E-state index contributed by atoms with van der Waals surface area (Å²) in [5.41, 5.74) is 1.90. The van der Waals surface area contributed by atoms with Crippen molar-refractivity contribution in [3.63, 3.8) is 0 Å². The number of benzene rings is 1. The zero-order valence-electron chi connectivity index (χ0n) is 14.7. The molecule has 0 saturated carbocycles. The summed E-state index contributed by atoms with van der Waals surface area (Å²) in [6, 6.07) is 10.4. The molecule has 0 unspecified atom stereocenters. The average molecular weight is 368 g/mol. The highest BCUT2D eigenvalue weighted by molar-refractivity contribution is 7.12. The maximum absolute atomic E-state index is 13.0. The lowest BCUT2D eigenvalue weighted by molar-refractivity contribution is -0.128. The first-order valence-corrected chi connectivity index (χ1v) is 9.04. The quantitative estimate of drug-likeness (QED) is 0.625. The Kier molecular flexibility index (Phi) is 4.95. The Morgan fingerprint density at radius 3 is 2.54 bits per heavy atom. The number of ketones is 1. The van der Waals surface area contributed by atoms with Crippen molar-refractivity contribution < 1.29 is 14.7 Å². The first kappa shape index (κ1) is 17.9. The zero-order valence-corrected chi connectivity index (χ0v) is 15.5. The number of aliphatic hydroxyl groups excluding tert-OH is 1. The fraction of sp³-hybridized carbons (Fsp3) is 0.200. The van der Waals surface area contributed by atoms with Crippen molar-refractivity contribution in [1.29, 1.82) is 0 Å². The summed E-state index contributed by atoms with van der Waals surface area (Å²) in [5.74, 6) is -1.35. The number of anilines is 1. The molecular weight excluding hydrogens is 348 g/mol. The largest absolute Gasteiger partial charge is 0.503 e. The van der Waals surface area contributed by atoms with Gasteiger partial charge in [-0.1, -0.05) is 24.3 Å². The number of carbonyl (C=O) groups is 2. The zero-order chi connectivity index (χ0) is 18.8. The van der Waals surface area contributed by atoms with E-state index in [2.05, 4.69) is 6.58 Å². The van der Waals surface area contributed by atoms with Crippen molar-refractivity contribution in [2.24, 2.45) is 0 Å². The van der Waals surface area contributed by atoms with Crippen LogP contribution in [-0.2, 0) is 4.79 Å². The van der Waals surface area contributed by atoms with Crippen LogP contribution in [0.15, 0.2) is 65.8 Å². The number of rotatable bonds is 6. The highest BCUT2D eigenvalue weighted by Gasteiger charge is 2.43. The van der Waals surface area contributed by atoms with Crippen molar-refractivity contribution in [1.82, 2.24) is 4.90 Å². The first-order valence-electron chi connectivity index (χ1n) is 8.16. The van der Waals surface area contributed by atoms with Crippen LogP contribution in [0.1, 0.15) is 21.3 Å². The minimum Gasteiger partial charge on any atom is -0.503 e. The molecule has 1 aliphatic heterocycles. The molecule has 26 heavy (non-hydrogen) atoms. The third kappa shape index (κ3) is 3.04. The predicted octanol–water partition coefficient (Wildman–Crippen LogP) is 3.58. The van der Waals surface area contributed by atoms with E-state index >= 15 is 0 Å². The van der Waals surface area contributed by atoms with Gasteiger partial charge in [-0.05, 0) is 29.1 Å². The molecule has 1 aromatic heterocycles. The van der Waals surface area contributed by atoms with E-state index in [0.717, 1.165) is 11.3 Å². The van der Waals surface area contributed by atoms with Gasteiger partial charge in [0.2, 0.25) is 5.78 Å². The van der Waals surface area contributed by atoms with Gasteiger partial charge in [0.25, 0.3) is 5.91 Å². The second kappa shape index (κ2) is 7.17. The van der Waals surface area contributed by atoms with Crippen molar-refractivity contribution in [3.05, 3.63) is 76.2 Å². The molecule has 1 aromatic carbocycles. The first-order chi connectivity index (χ1) is 12.5. The highest BCUT2D eigenvalue weighted by Crippen LogP contribution is 2.39. The number of aliphatic hydroxyl groups is 1. The van der Waals surface area contributed by atoms with Crippen LogP contribution in [0, 0.1) is 0 Å². The number of amides is 1. The minimum absolute atomic E-state index is 0.122. The number of carbonyl (C=O) groups excluding carboxylic acids is 2. The standard InChI is InChI=1S/C20H20N2O3S/c1-4-11-22-17(13-7-9-14(10-8-13)21(2)3)16(19(24)20(22)25)18(23)15-6-5-12-26-15/h4-10,12,17,24H,1,11H2,2-3H3/t17-/m1/s1. The van der Waals surface area contributed by atoms with Crippen LogP contribution in [0.3, 0.4) is 0 Å². The van der Waals surface area contributed by atoms with Gasteiger partial charge in [-0.2, -0.15) is 0 Å². The second-order valence-electron chi connectivity index (χ2n) is 6.20. The van der Waals surface area contributed by atoms with Gasteiger partial charge in [-0.15, -0.1) is 17.9 Å². The SMILES string of the molecule is C=CCN1C(=O)C(O)=C(C(=O)c2cccs2)[C@H]1c1ccc(N(C)C)cc1. The fourth-order valence-electron chi connectivity index (χ4n) is 3.05. The van der Waals surface area contributed by atoms with Crippen molar-refractivity contribution in [3.8, 4) is 0 Å². The minimum atomic E-state index is -0.633. The van der Waals surface area contributed by atoms with Gasteiger partial charge in [-0.3, -0.25) is 9.59 Å². The molecule has 0 spiro atoms. The molecule has 134 valence electrons. The molecule has 1 aliphatic rings. The maximum Gasteiger partial charge on any atom is 0.290 e. The van der Waals surface area contributed by atoms with E-state index in [1.165, 1.54) is 16.2 Å². The Bertz CT molecular complexity index is 867. The normalized spacial score (nSPS) is 16.9. The van der Waals surface area contributed by atoms with Crippen LogP contribution in [0.4, 0.5) is 5.69 Å². The molecule has 2 aromatic rings. The molecule has 3 rings (SSSR count). The Hall–Kier alpha value is -2.86. The summed E-state index contributed by atoms with van der Waals surface area (Å²) in [4.78, 5) is 29.4. The van der Waals surface area contributed by atoms with Gasteiger partial charge < -0.3 is 14.9 Å². The molecule has 1 amide bonds.